The number of anilines is 1. The Morgan fingerprint density at radius 1 is 1.45 bits per heavy atom. The third-order valence-electron chi connectivity index (χ3n) is 3.38. The average molecular weight is 275 g/mol. The van der Waals surface area contributed by atoms with E-state index in [-0.39, 0.29) is 5.91 Å². The van der Waals surface area contributed by atoms with Gasteiger partial charge in [-0.05, 0) is 12.6 Å². The monoisotopic (exact) mass is 275 g/mol. The Morgan fingerprint density at radius 3 is 2.85 bits per heavy atom. The molecule has 0 radical (unpaired) electrons. The van der Waals surface area contributed by atoms with Crippen molar-refractivity contribution >= 4 is 11.9 Å². The van der Waals surface area contributed by atoms with Crippen LogP contribution < -0.4 is 10.2 Å². The summed E-state index contributed by atoms with van der Waals surface area (Å²) in [5.41, 5.74) is 0.398. The van der Waals surface area contributed by atoms with Gasteiger partial charge in [-0.25, -0.2) is 9.97 Å². The van der Waals surface area contributed by atoms with Crippen LogP contribution in [0.3, 0.4) is 0 Å². The largest absolute Gasteiger partial charge is 0.347 e. The SMILES string of the molecule is C=CCNC(=O)c1ccnc(N2CCN(CC)CC2)n1. The number of hydrogen-bond acceptors (Lipinski definition) is 5. The molecule has 2 heterocycles. The van der Waals surface area contributed by atoms with Crippen molar-refractivity contribution in [3.05, 3.63) is 30.6 Å². The molecule has 0 aromatic carbocycles. The molecule has 6 nitrogen and oxygen atoms in total. The standard InChI is InChI=1S/C14H21N5O/c1-3-6-15-13(20)12-5-7-16-14(17-12)19-10-8-18(4-2)9-11-19/h3,5,7H,1,4,6,8-11H2,2H3,(H,15,20). The van der Waals surface area contributed by atoms with Crippen molar-refractivity contribution < 1.29 is 4.79 Å². The average Bonchev–Trinajstić information content (AvgIpc) is 2.52. The lowest BCUT2D eigenvalue weighted by Crippen LogP contribution is -2.46. The van der Waals surface area contributed by atoms with E-state index in [9.17, 15) is 4.79 Å². The minimum Gasteiger partial charge on any atom is -0.347 e. The number of piperazine rings is 1. The van der Waals surface area contributed by atoms with Gasteiger partial charge < -0.3 is 15.1 Å². The van der Waals surface area contributed by atoms with E-state index >= 15 is 0 Å². The van der Waals surface area contributed by atoms with Crippen molar-refractivity contribution in [2.45, 2.75) is 6.92 Å². The molecular weight excluding hydrogens is 254 g/mol. The highest BCUT2D eigenvalue weighted by atomic mass is 16.1. The molecule has 0 aliphatic carbocycles. The summed E-state index contributed by atoms with van der Waals surface area (Å²) in [5.74, 6) is 0.438. The van der Waals surface area contributed by atoms with E-state index in [2.05, 4.69) is 38.6 Å². The third kappa shape index (κ3) is 3.54. The summed E-state index contributed by atoms with van der Waals surface area (Å²) in [6, 6.07) is 1.63. The normalized spacial score (nSPS) is 15.9. The lowest BCUT2D eigenvalue weighted by atomic mass is 10.3. The molecule has 20 heavy (non-hydrogen) atoms. The van der Waals surface area contributed by atoms with Crippen LogP contribution in [0.15, 0.2) is 24.9 Å². The number of amides is 1. The van der Waals surface area contributed by atoms with Crippen LogP contribution in [0.5, 0.6) is 0 Å². The minimum atomic E-state index is -0.194. The van der Waals surface area contributed by atoms with E-state index in [4.69, 9.17) is 0 Å². The van der Waals surface area contributed by atoms with Gasteiger partial charge in [-0.15, -0.1) is 6.58 Å². The summed E-state index contributed by atoms with van der Waals surface area (Å²) in [6.45, 7) is 11.0. The van der Waals surface area contributed by atoms with Crippen molar-refractivity contribution in [3.63, 3.8) is 0 Å². The highest BCUT2D eigenvalue weighted by Crippen LogP contribution is 2.11. The summed E-state index contributed by atoms with van der Waals surface area (Å²) in [5, 5.41) is 2.72. The predicted octanol–water partition coefficient (Wildman–Crippen LogP) is 0.534. The van der Waals surface area contributed by atoms with E-state index in [1.807, 2.05) is 0 Å². The van der Waals surface area contributed by atoms with Crippen molar-refractivity contribution in [2.75, 3.05) is 44.2 Å². The number of hydrogen-bond donors (Lipinski definition) is 1. The van der Waals surface area contributed by atoms with Gasteiger partial charge in [0.2, 0.25) is 5.95 Å². The molecule has 1 aliphatic heterocycles. The smallest absolute Gasteiger partial charge is 0.270 e. The van der Waals surface area contributed by atoms with Crippen LogP contribution in [-0.4, -0.2) is 60.0 Å². The minimum absolute atomic E-state index is 0.194. The van der Waals surface area contributed by atoms with E-state index < -0.39 is 0 Å². The second kappa shape index (κ2) is 7.00. The zero-order valence-electron chi connectivity index (χ0n) is 11.9. The molecule has 2 rings (SSSR count). The van der Waals surface area contributed by atoms with Gasteiger partial charge in [0.25, 0.3) is 5.91 Å². The van der Waals surface area contributed by atoms with E-state index in [0.717, 1.165) is 32.7 Å². The molecule has 108 valence electrons. The Bertz CT molecular complexity index is 468. The van der Waals surface area contributed by atoms with Crippen molar-refractivity contribution in [2.24, 2.45) is 0 Å². The van der Waals surface area contributed by atoms with E-state index in [1.165, 1.54) is 0 Å². The molecule has 1 fully saturated rings. The molecule has 0 unspecified atom stereocenters. The van der Waals surface area contributed by atoms with Crippen molar-refractivity contribution in [3.8, 4) is 0 Å². The second-order valence-electron chi connectivity index (χ2n) is 4.66. The third-order valence-corrected chi connectivity index (χ3v) is 3.38. The molecule has 0 saturated carbocycles. The number of nitrogens with one attached hydrogen (secondary N) is 1. The number of aromatic nitrogens is 2. The quantitative estimate of drug-likeness (QED) is 0.795. The van der Waals surface area contributed by atoms with Gasteiger partial charge in [0, 0.05) is 38.9 Å². The van der Waals surface area contributed by atoms with E-state index in [0.29, 0.717) is 18.2 Å². The Kier molecular flexibility index (Phi) is 5.06. The Hall–Kier alpha value is -1.95. The van der Waals surface area contributed by atoms with Crippen molar-refractivity contribution in [1.29, 1.82) is 0 Å². The van der Waals surface area contributed by atoms with Crippen LogP contribution in [0.25, 0.3) is 0 Å². The van der Waals surface area contributed by atoms with Crippen molar-refractivity contribution in [1.82, 2.24) is 20.2 Å². The molecule has 1 amide bonds. The summed E-state index contributed by atoms with van der Waals surface area (Å²) < 4.78 is 0. The molecule has 1 N–H and O–H groups in total. The summed E-state index contributed by atoms with van der Waals surface area (Å²) in [4.78, 5) is 25.0. The number of carbonyl (C=O) groups excluding carboxylic acids is 1. The first-order valence-corrected chi connectivity index (χ1v) is 6.94. The molecule has 1 aromatic rings. The number of carbonyl (C=O) groups is 1. The van der Waals surface area contributed by atoms with Crippen LogP contribution in [-0.2, 0) is 0 Å². The Labute approximate surface area is 119 Å². The second-order valence-corrected chi connectivity index (χ2v) is 4.66. The van der Waals surface area contributed by atoms with Gasteiger partial charge in [-0.3, -0.25) is 4.79 Å². The zero-order valence-corrected chi connectivity index (χ0v) is 11.9. The molecule has 1 saturated heterocycles. The molecule has 1 aromatic heterocycles. The van der Waals surface area contributed by atoms with Gasteiger partial charge in [0.1, 0.15) is 5.69 Å². The molecule has 0 atom stereocenters. The predicted molar refractivity (Wildman–Crippen MR) is 78.9 cm³/mol. The number of nitrogens with zero attached hydrogens (tertiary/aromatic N) is 4. The van der Waals surface area contributed by atoms with Crippen LogP contribution in [0, 0.1) is 0 Å². The van der Waals surface area contributed by atoms with Crippen LogP contribution in [0.1, 0.15) is 17.4 Å². The maximum Gasteiger partial charge on any atom is 0.270 e. The Morgan fingerprint density at radius 2 is 2.20 bits per heavy atom. The number of rotatable bonds is 5. The lowest BCUT2D eigenvalue weighted by molar-refractivity contribution is 0.0953. The first kappa shape index (κ1) is 14.5. The molecule has 1 aliphatic rings. The van der Waals surface area contributed by atoms with Crippen LogP contribution in [0.2, 0.25) is 0 Å². The highest BCUT2D eigenvalue weighted by molar-refractivity contribution is 5.92. The lowest BCUT2D eigenvalue weighted by Gasteiger charge is -2.34. The van der Waals surface area contributed by atoms with Gasteiger partial charge in [-0.2, -0.15) is 0 Å². The van der Waals surface area contributed by atoms with Crippen LogP contribution in [0.4, 0.5) is 5.95 Å². The first-order chi connectivity index (χ1) is 9.74. The molecule has 0 spiro atoms. The summed E-state index contributed by atoms with van der Waals surface area (Å²) in [6.07, 6.45) is 3.28. The van der Waals surface area contributed by atoms with E-state index in [1.54, 1.807) is 18.3 Å². The van der Waals surface area contributed by atoms with Gasteiger partial charge in [0.15, 0.2) is 0 Å². The van der Waals surface area contributed by atoms with Gasteiger partial charge >= 0.3 is 0 Å². The maximum atomic E-state index is 11.9. The summed E-state index contributed by atoms with van der Waals surface area (Å²) in [7, 11) is 0. The van der Waals surface area contributed by atoms with Gasteiger partial charge in [0.05, 0.1) is 0 Å². The topological polar surface area (TPSA) is 61.4 Å². The fourth-order valence-corrected chi connectivity index (χ4v) is 2.15. The maximum absolute atomic E-state index is 11.9. The first-order valence-electron chi connectivity index (χ1n) is 6.94. The van der Waals surface area contributed by atoms with Crippen LogP contribution >= 0.6 is 0 Å². The zero-order chi connectivity index (χ0) is 14.4. The molecular formula is C14H21N5O. The molecule has 0 bridgehead atoms. The van der Waals surface area contributed by atoms with Gasteiger partial charge in [-0.1, -0.05) is 13.0 Å². The summed E-state index contributed by atoms with van der Waals surface area (Å²) >= 11 is 0. The fourth-order valence-electron chi connectivity index (χ4n) is 2.15. The Balaban J connectivity index is 2.02. The highest BCUT2D eigenvalue weighted by Gasteiger charge is 2.18. The fraction of sp³-hybridized carbons (Fsp3) is 0.500. The number of likely N-dealkylation sites (N-methyl/N-ethyl adjacent to an activating group) is 1. The molecule has 6 heteroatoms.